The average Bonchev–Trinajstić information content (AvgIpc) is 3.96. The molecular formula is C53H40N2O. The summed E-state index contributed by atoms with van der Waals surface area (Å²) in [5.74, 6) is 0. The van der Waals surface area contributed by atoms with E-state index in [9.17, 15) is 0 Å². The summed E-state index contributed by atoms with van der Waals surface area (Å²) in [5.41, 5.74) is 17.0. The smallest absolute Gasteiger partial charge is 0.135 e. The third kappa shape index (κ3) is 5.19. The second-order valence-electron chi connectivity index (χ2n) is 15.2. The number of benzene rings is 8. The van der Waals surface area contributed by atoms with Crippen molar-refractivity contribution in [2.24, 2.45) is 0 Å². The molecule has 0 saturated heterocycles. The molecule has 1 spiro atoms. The van der Waals surface area contributed by atoms with Crippen molar-refractivity contribution >= 4 is 56.1 Å². The van der Waals surface area contributed by atoms with Crippen LogP contribution in [-0.2, 0) is 18.3 Å². The number of anilines is 6. The SMILES string of the molecule is c1ccc(-c2cccc(N(c3ccccc3)c3cccc4c3[C@@]3(CC4)CCc4cccc(N(c5ccccc5)c5ccc6oc7ccccc7c6c5)c43)c2)cc1. The maximum absolute atomic E-state index is 6.31. The fourth-order valence-corrected chi connectivity index (χ4v) is 9.83. The Balaban J connectivity index is 1.12. The normalized spacial score (nSPS) is 15.6. The largest absolute Gasteiger partial charge is 0.456 e. The van der Waals surface area contributed by atoms with E-state index in [2.05, 4.69) is 198 Å². The lowest BCUT2D eigenvalue weighted by atomic mass is 9.74. The fraction of sp³-hybridized carbons (Fsp3) is 0.0943. The van der Waals surface area contributed by atoms with Gasteiger partial charge in [0.25, 0.3) is 0 Å². The molecule has 0 radical (unpaired) electrons. The number of rotatable bonds is 7. The zero-order valence-electron chi connectivity index (χ0n) is 31.1. The molecular weight excluding hydrogens is 681 g/mol. The van der Waals surface area contributed by atoms with E-state index in [1.54, 1.807) is 0 Å². The van der Waals surface area contributed by atoms with Gasteiger partial charge in [0.2, 0.25) is 0 Å². The van der Waals surface area contributed by atoms with E-state index in [1.165, 1.54) is 44.8 Å². The molecule has 3 nitrogen and oxygen atoms in total. The highest BCUT2D eigenvalue weighted by molar-refractivity contribution is 6.06. The number of para-hydroxylation sites is 3. The predicted molar refractivity (Wildman–Crippen MR) is 232 cm³/mol. The monoisotopic (exact) mass is 720 g/mol. The van der Waals surface area contributed by atoms with Gasteiger partial charge in [-0.05, 0) is 132 Å². The number of nitrogens with zero attached hydrogens (tertiary/aromatic N) is 2. The summed E-state index contributed by atoms with van der Waals surface area (Å²) in [5, 5.41) is 2.27. The van der Waals surface area contributed by atoms with Crippen LogP contribution >= 0.6 is 0 Å². The highest BCUT2D eigenvalue weighted by Crippen LogP contribution is 2.60. The van der Waals surface area contributed by atoms with Crippen molar-refractivity contribution < 1.29 is 4.42 Å². The molecule has 1 heterocycles. The Hall–Kier alpha value is -6.84. The maximum atomic E-state index is 6.31. The van der Waals surface area contributed by atoms with E-state index >= 15 is 0 Å². The van der Waals surface area contributed by atoms with Crippen molar-refractivity contribution in [3.63, 3.8) is 0 Å². The first-order chi connectivity index (χ1) is 27.7. The highest BCUT2D eigenvalue weighted by atomic mass is 16.3. The van der Waals surface area contributed by atoms with Crippen LogP contribution in [0.3, 0.4) is 0 Å². The number of furan rings is 1. The molecule has 268 valence electrons. The van der Waals surface area contributed by atoms with Crippen LogP contribution in [0.5, 0.6) is 0 Å². The van der Waals surface area contributed by atoms with Crippen LogP contribution in [0.15, 0.2) is 199 Å². The average molecular weight is 721 g/mol. The van der Waals surface area contributed by atoms with Crippen LogP contribution in [0.1, 0.15) is 35.1 Å². The number of fused-ring (bicyclic) bond motifs is 7. The number of hydrogen-bond donors (Lipinski definition) is 0. The number of hydrogen-bond acceptors (Lipinski definition) is 3. The Morgan fingerprint density at radius 1 is 0.375 bits per heavy atom. The molecule has 0 fully saturated rings. The van der Waals surface area contributed by atoms with Crippen molar-refractivity contribution in [2.75, 3.05) is 9.80 Å². The summed E-state index contributed by atoms with van der Waals surface area (Å²) in [6.07, 6.45) is 4.23. The Kier molecular flexibility index (Phi) is 7.67. The molecule has 2 aliphatic rings. The van der Waals surface area contributed by atoms with Crippen LogP contribution in [0, 0.1) is 0 Å². The van der Waals surface area contributed by atoms with Gasteiger partial charge in [0.05, 0.1) is 11.4 Å². The van der Waals surface area contributed by atoms with Gasteiger partial charge in [0.15, 0.2) is 0 Å². The van der Waals surface area contributed by atoms with E-state index < -0.39 is 0 Å². The van der Waals surface area contributed by atoms with E-state index in [4.69, 9.17) is 4.42 Å². The summed E-state index contributed by atoms with van der Waals surface area (Å²) < 4.78 is 6.31. The minimum atomic E-state index is -0.165. The van der Waals surface area contributed by atoms with E-state index in [0.717, 1.165) is 70.4 Å². The molecule has 56 heavy (non-hydrogen) atoms. The Labute approximate surface area is 327 Å². The highest BCUT2D eigenvalue weighted by Gasteiger charge is 2.49. The Bertz CT molecular complexity index is 2880. The van der Waals surface area contributed by atoms with Crippen LogP contribution in [-0.4, -0.2) is 0 Å². The second-order valence-corrected chi connectivity index (χ2v) is 15.2. The lowest BCUT2D eigenvalue weighted by Gasteiger charge is -2.37. The molecule has 0 N–H and O–H groups in total. The van der Waals surface area contributed by atoms with Gasteiger partial charge in [-0.15, -0.1) is 0 Å². The Morgan fingerprint density at radius 2 is 0.875 bits per heavy atom. The molecule has 3 heteroatoms. The van der Waals surface area contributed by atoms with E-state index in [-0.39, 0.29) is 5.41 Å². The van der Waals surface area contributed by atoms with Crippen molar-refractivity contribution in [1.29, 1.82) is 0 Å². The molecule has 0 aliphatic heterocycles. The lowest BCUT2D eigenvalue weighted by Crippen LogP contribution is -2.27. The topological polar surface area (TPSA) is 19.6 Å². The van der Waals surface area contributed by atoms with Gasteiger partial charge >= 0.3 is 0 Å². The van der Waals surface area contributed by atoms with Crippen molar-refractivity contribution in [3.05, 3.63) is 216 Å². The summed E-state index contributed by atoms with van der Waals surface area (Å²) in [6.45, 7) is 0. The molecule has 0 unspecified atom stereocenters. The maximum Gasteiger partial charge on any atom is 0.135 e. The van der Waals surface area contributed by atoms with Crippen LogP contribution in [0.2, 0.25) is 0 Å². The quantitative estimate of drug-likeness (QED) is 0.163. The molecule has 0 saturated carbocycles. The van der Waals surface area contributed by atoms with Crippen molar-refractivity contribution in [1.82, 2.24) is 0 Å². The molecule has 0 bridgehead atoms. The summed E-state index contributed by atoms with van der Waals surface area (Å²) in [7, 11) is 0. The third-order valence-electron chi connectivity index (χ3n) is 12.2. The third-order valence-corrected chi connectivity index (χ3v) is 12.2. The second kappa shape index (κ2) is 13.2. The van der Waals surface area contributed by atoms with Crippen molar-refractivity contribution in [2.45, 2.75) is 31.1 Å². The standard InChI is InChI=1S/C53H40N2O/c1-4-15-37(16-5-1)40-19-12-24-43(35-40)54(41-20-6-2-7-21-41)47-26-13-17-38-31-33-53(51(38)47)34-32-39-18-14-27-48(52(39)53)55(42-22-8-3-9-23-42)44-29-30-50-46(36-44)45-25-10-11-28-49(45)56-50/h1-30,35-36H,31-34H2/t53-/m1/s1. The van der Waals surface area contributed by atoms with Crippen molar-refractivity contribution in [3.8, 4) is 11.1 Å². The van der Waals surface area contributed by atoms with Gasteiger partial charge in [0.1, 0.15) is 11.2 Å². The van der Waals surface area contributed by atoms with Gasteiger partial charge in [-0.2, -0.15) is 0 Å². The van der Waals surface area contributed by atoms with Gasteiger partial charge in [-0.1, -0.05) is 121 Å². The van der Waals surface area contributed by atoms with Crippen LogP contribution < -0.4 is 9.80 Å². The molecule has 1 aromatic heterocycles. The zero-order valence-corrected chi connectivity index (χ0v) is 31.1. The predicted octanol–water partition coefficient (Wildman–Crippen LogP) is 14.4. The van der Waals surface area contributed by atoms with Crippen LogP contribution in [0.4, 0.5) is 34.1 Å². The molecule has 2 aliphatic carbocycles. The molecule has 1 atom stereocenters. The molecule has 8 aromatic carbocycles. The summed E-state index contributed by atoms with van der Waals surface area (Å²) in [6, 6.07) is 70.6. The van der Waals surface area contributed by atoms with Gasteiger partial charge in [-0.3, -0.25) is 0 Å². The summed E-state index contributed by atoms with van der Waals surface area (Å²) >= 11 is 0. The minimum Gasteiger partial charge on any atom is -0.456 e. The first-order valence-electron chi connectivity index (χ1n) is 19.8. The van der Waals surface area contributed by atoms with Crippen LogP contribution in [0.25, 0.3) is 33.1 Å². The lowest BCUT2D eigenvalue weighted by molar-refractivity contribution is 0.508. The first-order valence-corrected chi connectivity index (χ1v) is 19.8. The molecule has 0 amide bonds. The van der Waals surface area contributed by atoms with Gasteiger partial charge in [0, 0.05) is 38.9 Å². The molecule has 9 aromatic rings. The van der Waals surface area contributed by atoms with E-state index in [0.29, 0.717) is 0 Å². The Morgan fingerprint density at radius 3 is 1.52 bits per heavy atom. The number of aryl methyl sites for hydroxylation is 2. The van der Waals surface area contributed by atoms with Gasteiger partial charge in [-0.25, -0.2) is 0 Å². The minimum absolute atomic E-state index is 0.165. The first kappa shape index (κ1) is 32.6. The fourth-order valence-electron chi connectivity index (χ4n) is 9.83. The summed E-state index contributed by atoms with van der Waals surface area (Å²) in [4.78, 5) is 5.00. The molecule has 11 rings (SSSR count). The van der Waals surface area contributed by atoms with E-state index in [1.807, 2.05) is 6.07 Å². The zero-order chi connectivity index (χ0) is 37.1. The van der Waals surface area contributed by atoms with Gasteiger partial charge < -0.3 is 14.2 Å².